The lowest BCUT2D eigenvalue weighted by Crippen LogP contribution is -2.37. The number of carbonyl (C=O) groups excluding carboxylic acids is 1. The summed E-state index contributed by atoms with van der Waals surface area (Å²) in [5.41, 5.74) is 0.661. The van der Waals surface area contributed by atoms with Gasteiger partial charge in [0.2, 0.25) is 5.91 Å². The molecular formula is C14H15ClN2O4S2. The van der Waals surface area contributed by atoms with Crippen LogP contribution < -0.4 is 9.64 Å². The van der Waals surface area contributed by atoms with Gasteiger partial charge in [-0.2, -0.15) is 4.99 Å². The number of nitrogens with zero attached hydrogens (tertiary/aromatic N) is 2. The number of carbonyl (C=O) groups is 1. The molecule has 3 rings (SSSR count). The van der Waals surface area contributed by atoms with E-state index in [4.69, 9.17) is 16.3 Å². The number of hydrogen-bond acceptors (Lipinski definition) is 5. The van der Waals surface area contributed by atoms with Crippen molar-refractivity contribution in [2.45, 2.75) is 18.2 Å². The Morgan fingerprint density at radius 2 is 2.17 bits per heavy atom. The molecule has 6 nitrogen and oxygen atoms in total. The summed E-state index contributed by atoms with van der Waals surface area (Å²) in [6, 6.07) is 4.85. The first-order valence-electron chi connectivity index (χ1n) is 6.90. The van der Waals surface area contributed by atoms with E-state index in [1.54, 1.807) is 23.1 Å². The molecule has 9 heteroatoms. The lowest BCUT2D eigenvalue weighted by molar-refractivity contribution is -0.115. The lowest BCUT2D eigenvalue weighted by atomic mass is 10.2. The van der Waals surface area contributed by atoms with E-state index in [1.165, 1.54) is 25.8 Å². The van der Waals surface area contributed by atoms with Crippen molar-refractivity contribution in [1.29, 1.82) is 0 Å². The molecule has 2 fully saturated rings. The number of sulfone groups is 1. The number of benzene rings is 1. The largest absolute Gasteiger partial charge is 0.495 e. The van der Waals surface area contributed by atoms with Crippen LogP contribution in [0.4, 0.5) is 5.69 Å². The van der Waals surface area contributed by atoms with Crippen LogP contribution in [0.3, 0.4) is 0 Å². The fourth-order valence-electron chi connectivity index (χ4n) is 2.83. The van der Waals surface area contributed by atoms with E-state index >= 15 is 0 Å². The van der Waals surface area contributed by atoms with Gasteiger partial charge in [-0.25, -0.2) is 8.42 Å². The maximum Gasteiger partial charge on any atom is 0.244 e. The topological polar surface area (TPSA) is 76.0 Å². The van der Waals surface area contributed by atoms with E-state index in [2.05, 4.69) is 4.99 Å². The summed E-state index contributed by atoms with van der Waals surface area (Å²) >= 11 is 7.32. The van der Waals surface area contributed by atoms with Crippen molar-refractivity contribution < 1.29 is 17.9 Å². The summed E-state index contributed by atoms with van der Waals surface area (Å²) in [7, 11) is -1.58. The van der Waals surface area contributed by atoms with Gasteiger partial charge in [-0.15, -0.1) is 0 Å². The molecule has 124 valence electrons. The summed E-state index contributed by atoms with van der Waals surface area (Å²) in [6.07, 6.45) is 0. The number of thioether (sulfide) groups is 1. The summed E-state index contributed by atoms with van der Waals surface area (Å²) in [4.78, 5) is 17.3. The number of ether oxygens (including phenoxy) is 1. The molecule has 0 aliphatic carbocycles. The number of halogens is 1. The Balaban J connectivity index is 2.10. The smallest absolute Gasteiger partial charge is 0.244 e. The first kappa shape index (κ1) is 16.6. The Kier molecular flexibility index (Phi) is 4.33. The van der Waals surface area contributed by atoms with E-state index in [1.807, 2.05) is 0 Å². The van der Waals surface area contributed by atoms with Crippen molar-refractivity contribution in [3.8, 4) is 5.75 Å². The highest BCUT2D eigenvalue weighted by atomic mass is 35.5. The molecule has 1 aromatic carbocycles. The number of amidine groups is 1. The van der Waals surface area contributed by atoms with E-state index < -0.39 is 9.84 Å². The molecule has 0 radical (unpaired) electrons. The van der Waals surface area contributed by atoms with Crippen LogP contribution in [-0.2, 0) is 14.6 Å². The maximum atomic E-state index is 12.0. The van der Waals surface area contributed by atoms with Crippen LogP contribution in [0.15, 0.2) is 23.2 Å². The molecule has 0 saturated carbocycles. The Bertz CT molecular complexity index is 794. The number of rotatable bonds is 2. The third kappa shape index (κ3) is 3.20. The zero-order valence-electron chi connectivity index (χ0n) is 12.5. The number of anilines is 1. The number of methoxy groups -OCH3 is 1. The minimum absolute atomic E-state index is 0.0351. The van der Waals surface area contributed by atoms with Gasteiger partial charge in [0, 0.05) is 23.3 Å². The highest BCUT2D eigenvalue weighted by Gasteiger charge is 2.49. The van der Waals surface area contributed by atoms with Crippen LogP contribution in [0.1, 0.15) is 6.92 Å². The molecule has 2 heterocycles. The normalized spacial score (nSPS) is 27.3. The molecule has 0 aromatic heterocycles. The van der Waals surface area contributed by atoms with Crippen molar-refractivity contribution in [2.24, 2.45) is 4.99 Å². The fraction of sp³-hybridized carbons (Fsp3) is 0.429. The van der Waals surface area contributed by atoms with Crippen molar-refractivity contribution >= 4 is 50.0 Å². The number of fused-ring (bicyclic) bond motifs is 1. The molecule has 2 saturated heterocycles. The molecule has 0 N–H and O–H groups in total. The van der Waals surface area contributed by atoms with Crippen molar-refractivity contribution in [2.75, 3.05) is 23.5 Å². The van der Waals surface area contributed by atoms with E-state index in [0.29, 0.717) is 21.6 Å². The molecule has 2 aliphatic rings. The van der Waals surface area contributed by atoms with Crippen molar-refractivity contribution in [3.05, 3.63) is 23.2 Å². The number of amides is 1. The summed E-state index contributed by atoms with van der Waals surface area (Å²) in [6.45, 7) is 1.37. The van der Waals surface area contributed by atoms with Gasteiger partial charge in [-0.05, 0) is 12.1 Å². The van der Waals surface area contributed by atoms with Crippen LogP contribution in [0.5, 0.6) is 5.75 Å². The molecular weight excluding hydrogens is 360 g/mol. The van der Waals surface area contributed by atoms with Gasteiger partial charge in [-0.3, -0.25) is 4.79 Å². The molecule has 2 atom stereocenters. The molecule has 0 unspecified atom stereocenters. The second kappa shape index (κ2) is 5.99. The standard InChI is InChI=1S/C14H15ClN2O4S2/c1-8(18)16-14-17(10-4-3-9(15)5-12(10)21-2)11-6-23(19,20)7-13(11)22-14/h3-5,11,13H,6-7H2,1-2H3/t11-,13-/m1/s1. The Morgan fingerprint density at radius 3 is 2.83 bits per heavy atom. The van der Waals surface area contributed by atoms with Crippen LogP contribution >= 0.6 is 23.4 Å². The Morgan fingerprint density at radius 1 is 1.43 bits per heavy atom. The van der Waals surface area contributed by atoms with Crippen molar-refractivity contribution in [1.82, 2.24) is 0 Å². The van der Waals surface area contributed by atoms with Gasteiger partial charge < -0.3 is 9.64 Å². The third-order valence-corrected chi connectivity index (χ3v) is 7.17. The van der Waals surface area contributed by atoms with Crippen LogP contribution in [0.2, 0.25) is 5.02 Å². The Labute approximate surface area is 143 Å². The molecule has 0 bridgehead atoms. The Hall–Kier alpha value is -1.25. The second-order valence-corrected chi connectivity index (χ2v) is 9.20. The third-order valence-electron chi connectivity index (χ3n) is 3.72. The summed E-state index contributed by atoms with van der Waals surface area (Å²) in [5.74, 6) is 0.312. The average Bonchev–Trinajstić information content (AvgIpc) is 2.89. The second-order valence-electron chi connectivity index (χ2n) is 5.40. The van der Waals surface area contributed by atoms with E-state index in [-0.39, 0.29) is 28.7 Å². The molecule has 1 aromatic rings. The average molecular weight is 375 g/mol. The van der Waals surface area contributed by atoms with E-state index in [0.717, 1.165) is 0 Å². The van der Waals surface area contributed by atoms with Crippen molar-refractivity contribution in [3.63, 3.8) is 0 Å². The van der Waals surface area contributed by atoms with Gasteiger partial charge >= 0.3 is 0 Å². The predicted molar refractivity (Wildman–Crippen MR) is 92.4 cm³/mol. The minimum atomic E-state index is -3.10. The predicted octanol–water partition coefficient (Wildman–Crippen LogP) is 1.97. The number of aliphatic imine (C=N–C) groups is 1. The van der Waals surface area contributed by atoms with Crippen LogP contribution in [-0.4, -0.2) is 49.4 Å². The molecule has 0 spiro atoms. The zero-order chi connectivity index (χ0) is 16.8. The highest BCUT2D eigenvalue weighted by molar-refractivity contribution is 8.16. The fourth-order valence-corrected chi connectivity index (χ4v) is 6.94. The van der Waals surface area contributed by atoms with E-state index in [9.17, 15) is 13.2 Å². The SMILES string of the molecule is COc1cc(Cl)ccc1N1C(=NC(C)=O)S[C@@H]2CS(=O)(=O)C[C@H]21. The number of hydrogen-bond donors (Lipinski definition) is 0. The lowest BCUT2D eigenvalue weighted by Gasteiger charge is -2.26. The van der Waals surface area contributed by atoms with Gasteiger partial charge in [-0.1, -0.05) is 23.4 Å². The maximum absolute atomic E-state index is 12.0. The van der Waals surface area contributed by atoms with Gasteiger partial charge in [0.1, 0.15) is 5.75 Å². The highest BCUT2D eigenvalue weighted by Crippen LogP contribution is 2.44. The van der Waals surface area contributed by atoms with Crippen LogP contribution in [0.25, 0.3) is 0 Å². The molecule has 23 heavy (non-hydrogen) atoms. The zero-order valence-corrected chi connectivity index (χ0v) is 14.9. The molecule has 1 amide bonds. The quantitative estimate of drug-likeness (QED) is 0.787. The van der Waals surface area contributed by atoms with Gasteiger partial charge in [0.25, 0.3) is 0 Å². The summed E-state index contributed by atoms with van der Waals surface area (Å²) in [5, 5.41) is 0.875. The summed E-state index contributed by atoms with van der Waals surface area (Å²) < 4.78 is 29.3. The first-order valence-corrected chi connectivity index (χ1v) is 9.98. The van der Waals surface area contributed by atoms with Gasteiger partial charge in [0.15, 0.2) is 15.0 Å². The molecule has 2 aliphatic heterocycles. The van der Waals surface area contributed by atoms with Crippen LogP contribution in [0, 0.1) is 0 Å². The minimum Gasteiger partial charge on any atom is -0.495 e. The first-order chi connectivity index (χ1) is 10.8. The monoisotopic (exact) mass is 374 g/mol. The van der Waals surface area contributed by atoms with Gasteiger partial charge in [0.05, 0.1) is 30.3 Å².